The summed E-state index contributed by atoms with van der Waals surface area (Å²) in [5, 5.41) is 0. The summed E-state index contributed by atoms with van der Waals surface area (Å²) >= 11 is 0. The van der Waals surface area contributed by atoms with E-state index in [1.165, 1.54) is 0 Å². The number of sulfone groups is 1. The molecular weight excluding hydrogens is 262 g/mol. The Bertz CT molecular complexity index is 501. The van der Waals surface area contributed by atoms with Crippen LogP contribution in [-0.2, 0) is 9.84 Å². The van der Waals surface area contributed by atoms with E-state index in [9.17, 15) is 8.42 Å². The minimum absolute atomic E-state index is 0.223. The summed E-state index contributed by atoms with van der Waals surface area (Å²) in [5.41, 5.74) is 5.55. The second kappa shape index (κ2) is 5.92. The molecule has 1 unspecified atom stereocenters. The molecule has 1 aliphatic heterocycles. The average molecular weight is 283 g/mol. The van der Waals surface area contributed by atoms with Crippen LogP contribution < -0.4 is 10.5 Å². The van der Waals surface area contributed by atoms with Crippen LogP contribution >= 0.6 is 0 Å². The van der Waals surface area contributed by atoms with Crippen molar-refractivity contribution in [2.75, 3.05) is 24.7 Å². The Labute approximate surface area is 114 Å². The van der Waals surface area contributed by atoms with Gasteiger partial charge in [0.1, 0.15) is 5.75 Å². The molecule has 4 nitrogen and oxygen atoms in total. The molecule has 1 fully saturated rings. The van der Waals surface area contributed by atoms with Gasteiger partial charge in [0.2, 0.25) is 0 Å². The predicted molar refractivity (Wildman–Crippen MR) is 75.9 cm³/mol. The van der Waals surface area contributed by atoms with Crippen molar-refractivity contribution in [3.05, 3.63) is 30.3 Å². The van der Waals surface area contributed by atoms with Crippen LogP contribution in [0.25, 0.3) is 0 Å². The van der Waals surface area contributed by atoms with Crippen molar-refractivity contribution in [2.45, 2.75) is 19.3 Å². The lowest BCUT2D eigenvalue weighted by atomic mass is 9.83. The van der Waals surface area contributed by atoms with E-state index in [0.717, 1.165) is 18.6 Å². The van der Waals surface area contributed by atoms with Gasteiger partial charge in [0.25, 0.3) is 0 Å². The normalized spacial score (nSPS) is 25.3. The molecule has 106 valence electrons. The molecule has 2 rings (SSSR count). The molecule has 1 aromatic rings. The number of ether oxygens (including phenoxy) is 1. The van der Waals surface area contributed by atoms with Crippen LogP contribution in [0.5, 0.6) is 5.75 Å². The highest BCUT2D eigenvalue weighted by molar-refractivity contribution is 7.91. The monoisotopic (exact) mass is 283 g/mol. The van der Waals surface area contributed by atoms with Crippen molar-refractivity contribution in [3.8, 4) is 5.75 Å². The molecule has 1 heterocycles. The lowest BCUT2D eigenvalue weighted by Gasteiger charge is -2.25. The van der Waals surface area contributed by atoms with Crippen molar-refractivity contribution in [3.63, 3.8) is 0 Å². The van der Waals surface area contributed by atoms with E-state index in [2.05, 4.69) is 0 Å². The fourth-order valence-electron chi connectivity index (χ4n) is 2.60. The van der Waals surface area contributed by atoms with Crippen LogP contribution in [-0.4, -0.2) is 33.1 Å². The molecule has 1 aliphatic rings. The van der Waals surface area contributed by atoms with Crippen LogP contribution in [0.4, 0.5) is 0 Å². The van der Waals surface area contributed by atoms with Crippen LogP contribution in [0.2, 0.25) is 0 Å². The van der Waals surface area contributed by atoms with E-state index in [4.69, 9.17) is 10.5 Å². The largest absolute Gasteiger partial charge is 0.494 e. The van der Waals surface area contributed by atoms with Gasteiger partial charge < -0.3 is 10.5 Å². The van der Waals surface area contributed by atoms with Gasteiger partial charge >= 0.3 is 0 Å². The first-order chi connectivity index (χ1) is 9.05. The molecule has 1 aromatic carbocycles. The first-order valence-corrected chi connectivity index (χ1v) is 8.46. The van der Waals surface area contributed by atoms with E-state index in [1.807, 2.05) is 30.3 Å². The van der Waals surface area contributed by atoms with Gasteiger partial charge in [0.05, 0.1) is 18.1 Å². The summed E-state index contributed by atoms with van der Waals surface area (Å²) in [6.45, 7) is 1.05. The third kappa shape index (κ3) is 3.94. The second-order valence-corrected chi connectivity index (χ2v) is 7.50. The maximum absolute atomic E-state index is 11.6. The van der Waals surface area contributed by atoms with E-state index >= 15 is 0 Å². The van der Waals surface area contributed by atoms with Crippen molar-refractivity contribution in [1.82, 2.24) is 0 Å². The number of para-hydroxylation sites is 1. The van der Waals surface area contributed by atoms with Crippen LogP contribution in [0.1, 0.15) is 19.3 Å². The SMILES string of the molecule is NCC1(CCCOc2ccccc2)CCS(=O)(=O)C1. The maximum Gasteiger partial charge on any atom is 0.150 e. The number of benzene rings is 1. The number of hydrogen-bond donors (Lipinski definition) is 1. The van der Waals surface area contributed by atoms with Crippen LogP contribution in [0.3, 0.4) is 0 Å². The van der Waals surface area contributed by atoms with E-state index < -0.39 is 9.84 Å². The van der Waals surface area contributed by atoms with Crippen molar-refractivity contribution in [2.24, 2.45) is 11.1 Å². The summed E-state index contributed by atoms with van der Waals surface area (Å²) < 4.78 is 28.8. The zero-order chi connectivity index (χ0) is 13.8. The molecule has 1 saturated heterocycles. The van der Waals surface area contributed by atoms with Gasteiger partial charge in [-0.2, -0.15) is 0 Å². The Morgan fingerprint density at radius 2 is 2.00 bits per heavy atom. The first-order valence-electron chi connectivity index (χ1n) is 6.64. The van der Waals surface area contributed by atoms with Crippen molar-refractivity contribution >= 4 is 9.84 Å². The zero-order valence-corrected chi connectivity index (χ0v) is 11.9. The number of hydrogen-bond acceptors (Lipinski definition) is 4. The molecule has 1 atom stereocenters. The zero-order valence-electron chi connectivity index (χ0n) is 11.0. The Morgan fingerprint density at radius 1 is 1.26 bits per heavy atom. The van der Waals surface area contributed by atoms with E-state index in [0.29, 0.717) is 19.6 Å². The summed E-state index contributed by atoms with van der Waals surface area (Å²) in [7, 11) is -2.88. The average Bonchev–Trinajstić information content (AvgIpc) is 2.73. The molecule has 0 saturated carbocycles. The van der Waals surface area contributed by atoms with Gasteiger partial charge in [0.15, 0.2) is 9.84 Å². The third-order valence-electron chi connectivity index (χ3n) is 3.77. The fourth-order valence-corrected chi connectivity index (χ4v) is 4.82. The quantitative estimate of drug-likeness (QED) is 0.805. The Balaban J connectivity index is 1.79. The molecule has 0 radical (unpaired) electrons. The fraction of sp³-hybridized carbons (Fsp3) is 0.571. The third-order valence-corrected chi connectivity index (χ3v) is 5.64. The predicted octanol–water partition coefficient (Wildman–Crippen LogP) is 1.61. The summed E-state index contributed by atoms with van der Waals surface area (Å²) in [6, 6.07) is 9.64. The number of nitrogens with two attached hydrogens (primary N) is 1. The van der Waals surface area contributed by atoms with Gasteiger partial charge in [0, 0.05) is 0 Å². The topological polar surface area (TPSA) is 69.4 Å². The molecule has 19 heavy (non-hydrogen) atoms. The highest BCUT2D eigenvalue weighted by Crippen LogP contribution is 2.35. The van der Waals surface area contributed by atoms with Crippen molar-refractivity contribution in [1.29, 1.82) is 0 Å². The Kier molecular flexibility index (Phi) is 4.47. The second-order valence-electron chi connectivity index (χ2n) is 5.31. The molecule has 0 bridgehead atoms. The maximum atomic E-state index is 11.6. The lowest BCUT2D eigenvalue weighted by Crippen LogP contribution is -2.32. The van der Waals surface area contributed by atoms with Crippen LogP contribution in [0, 0.1) is 5.41 Å². The minimum atomic E-state index is -2.88. The van der Waals surface area contributed by atoms with E-state index in [-0.39, 0.29) is 16.9 Å². The first kappa shape index (κ1) is 14.3. The molecule has 5 heteroatoms. The van der Waals surface area contributed by atoms with E-state index in [1.54, 1.807) is 0 Å². The lowest BCUT2D eigenvalue weighted by molar-refractivity contribution is 0.250. The molecule has 2 N–H and O–H groups in total. The Morgan fingerprint density at radius 3 is 2.58 bits per heavy atom. The summed E-state index contributed by atoms with van der Waals surface area (Å²) in [4.78, 5) is 0. The van der Waals surface area contributed by atoms with Crippen LogP contribution in [0.15, 0.2) is 30.3 Å². The summed E-state index contributed by atoms with van der Waals surface area (Å²) in [6.07, 6.45) is 2.34. The molecule has 0 aliphatic carbocycles. The molecular formula is C14H21NO3S. The van der Waals surface area contributed by atoms with Gasteiger partial charge in [-0.1, -0.05) is 18.2 Å². The highest BCUT2D eigenvalue weighted by atomic mass is 32.2. The Hall–Kier alpha value is -1.07. The van der Waals surface area contributed by atoms with Gasteiger partial charge in [-0.25, -0.2) is 8.42 Å². The smallest absolute Gasteiger partial charge is 0.150 e. The number of rotatable bonds is 6. The van der Waals surface area contributed by atoms with Crippen molar-refractivity contribution < 1.29 is 13.2 Å². The summed E-state index contributed by atoms with van der Waals surface area (Å²) in [5.74, 6) is 1.37. The molecule has 0 amide bonds. The molecule has 0 aromatic heterocycles. The van der Waals surface area contributed by atoms with Gasteiger partial charge in [-0.15, -0.1) is 0 Å². The highest BCUT2D eigenvalue weighted by Gasteiger charge is 2.40. The minimum Gasteiger partial charge on any atom is -0.494 e. The molecule has 0 spiro atoms. The van der Waals surface area contributed by atoms with Gasteiger partial charge in [-0.05, 0) is 43.4 Å². The standard InChI is InChI=1S/C14H21NO3S/c15-11-14(8-10-19(16,17)12-14)7-4-9-18-13-5-2-1-3-6-13/h1-3,5-6H,4,7-12,15H2. The van der Waals surface area contributed by atoms with Gasteiger partial charge in [-0.3, -0.25) is 0 Å².